The second-order valence-electron chi connectivity index (χ2n) is 7.76. The molecule has 0 radical (unpaired) electrons. The Hall–Kier alpha value is -2.70. The Morgan fingerprint density at radius 1 is 1.32 bits per heavy atom. The molecule has 0 saturated carbocycles. The van der Waals surface area contributed by atoms with Crippen LogP contribution in [0.3, 0.4) is 0 Å². The van der Waals surface area contributed by atoms with E-state index in [1.165, 1.54) is 0 Å². The van der Waals surface area contributed by atoms with Crippen LogP contribution in [0.5, 0.6) is 0 Å². The summed E-state index contributed by atoms with van der Waals surface area (Å²) in [6.45, 7) is 8.59. The molecule has 1 atom stereocenters. The van der Waals surface area contributed by atoms with Crippen LogP contribution in [-0.2, 0) is 6.54 Å². The van der Waals surface area contributed by atoms with Crippen LogP contribution in [-0.4, -0.2) is 48.0 Å². The summed E-state index contributed by atoms with van der Waals surface area (Å²) >= 11 is 0. The maximum atomic E-state index is 13.3. The second kappa shape index (κ2) is 7.73. The number of imidazole rings is 1. The highest BCUT2D eigenvalue weighted by atomic mass is 16.2. The highest BCUT2D eigenvalue weighted by Crippen LogP contribution is 2.27. The number of piperidine rings is 1. The van der Waals surface area contributed by atoms with E-state index in [9.17, 15) is 4.79 Å². The third-order valence-corrected chi connectivity index (χ3v) is 5.58. The first-order valence-electron chi connectivity index (χ1n) is 10.2. The van der Waals surface area contributed by atoms with Gasteiger partial charge >= 0.3 is 0 Å². The van der Waals surface area contributed by atoms with E-state index in [1.807, 2.05) is 31.0 Å². The lowest BCUT2D eigenvalue weighted by molar-refractivity contribution is 0.0705. The molecular weight excluding hydrogens is 352 g/mol. The van der Waals surface area contributed by atoms with Crippen molar-refractivity contribution < 1.29 is 4.79 Å². The average Bonchev–Trinajstić information content (AvgIpc) is 3.33. The quantitative estimate of drug-likeness (QED) is 0.681. The van der Waals surface area contributed by atoms with Crippen LogP contribution in [0, 0.1) is 13.8 Å². The lowest BCUT2D eigenvalue weighted by atomic mass is 9.96. The van der Waals surface area contributed by atoms with Crippen LogP contribution in [0.15, 0.2) is 24.7 Å². The summed E-state index contributed by atoms with van der Waals surface area (Å²) in [6, 6.07) is 1.97. The highest BCUT2D eigenvalue weighted by Gasteiger charge is 2.29. The number of unbranched alkanes of at least 4 members (excludes halogenated alkanes) is 1. The maximum Gasteiger partial charge on any atom is 0.259 e. The van der Waals surface area contributed by atoms with Gasteiger partial charge in [0, 0.05) is 49.3 Å². The Kier molecular flexibility index (Phi) is 5.15. The number of hydrogen-bond donors (Lipinski definition) is 0. The molecule has 4 rings (SSSR count). The molecule has 0 aliphatic carbocycles. The fraction of sp³-hybridized carbons (Fsp3) is 0.524. The predicted octanol–water partition coefficient (Wildman–Crippen LogP) is 3.36. The molecule has 0 aromatic carbocycles. The lowest BCUT2D eigenvalue weighted by Gasteiger charge is -2.32. The molecule has 1 saturated heterocycles. The normalized spacial score (nSPS) is 17.4. The van der Waals surface area contributed by atoms with Crippen molar-refractivity contribution in [2.45, 2.75) is 58.9 Å². The van der Waals surface area contributed by atoms with Crippen molar-refractivity contribution in [1.82, 2.24) is 29.0 Å². The summed E-state index contributed by atoms with van der Waals surface area (Å²) in [5.74, 6) is 1.40. The van der Waals surface area contributed by atoms with Gasteiger partial charge in [-0.15, -0.1) is 0 Å². The fourth-order valence-corrected chi connectivity index (χ4v) is 4.16. The first-order valence-corrected chi connectivity index (χ1v) is 10.2. The third-order valence-electron chi connectivity index (χ3n) is 5.58. The minimum absolute atomic E-state index is 0.0175. The van der Waals surface area contributed by atoms with Gasteiger partial charge in [0.1, 0.15) is 11.4 Å². The van der Waals surface area contributed by atoms with Gasteiger partial charge in [-0.05, 0) is 39.2 Å². The summed E-state index contributed by atoms with van der Waals surface area (Å²) in [7, 11) is 0. The van der Waals surface area contributed by atoms with Crippen molar-refractivity contribution in [3.05, 3.63) is 47.4 Å². The molecule has 0 unspecified atom stereocenters. The van der Waals surface area contributed by atoms with Gasteiger partial charge < -0.3 is 9.47 Å². The van der Waals surface area contributed by atoms with Crippen molar-refractivity contribution in [2.75, 3.05) is 13.1 Å². The molecule has 0 spiro atoms. The molecule has 1 fully saturated rings. The molecule has 1 amide bonds. The van der Waals surface area contributed by atoms with Crippen LogP contribution >= 0.6 is 0 Å². The average molecular weight is 380 g/mol. The van der Waals surface area contributed by atoms with E-state index >= 15 is 0 Å². The Bertz CT molecular complexity index is 988. The van der Waals surface area contributed by atoms with Crippen LogP contribution in [0.4, 0.5) is 0 Å². The number of aryl methyl sites for hydroxylation is 3. The minimum Gasteiger partial charge on any atom is -0.338 e. The van der Waals surface area contributed by atoms with Crippen LogP contribution in [0.1, 0.15) is 66.1 Å². The van der Waals surface area contributed by atoms with Crippen molar-refractivity contribution in [3.63, 3.8) is 0 Å². The number of carbonyl (C=O) groups excluding carboxylic acids is 1. The summed E-state index contributed by atoms with van der Waals surface area (Å²) in [4.78, 5) is 24.4. The fourth-order valence-electron chi connectivity index (χ4n) is 4.16. The molecule has 1 aliphatic heterocycles. The maximum absolute atomic E-state index is 13.3. The molecule has 4 heterocycles. The third kappa shape index (κ3) is 3.41. The molecular formula is C21H28N6O. The Balaban J connectivity index is 1.57. The molecule has 3 aromatic heterocycles. The Morgan fingerprint density at radius 2 is 2.18 bits per heavy atom. The van der Waals surface area contributed by atoms with Gasteiger partial charge in [0.15, 0.2) is 5.65 Å². The number of hydrogen-bond acceptors (Lipinski definition) is 4. The van der Waals surface area contributed by atoms with E-state index in [1.54, 1.807) is 10.7 Å². The Morgan fingerprint density at radius 3 is 3.00 bits per heavy atom. The van der Waals surface area contributed by atoms with Crippen molar-refractivity contribution in [1.29, 1.82) is 0 Å². The van der Waals surface area contributed by atoms with Crippen molar-refractivity contribution >= 4 is 11.6 Å². The van der Waals surface area contributed by atoms with Crippen LogP contribution in [0.25, 0.3) is 5.65 Å². The van der Waals surface area contributed by atoms with Crippen LogP contribution < -0.4 is 0 Å². The zero-order valence-electron chi connectivity index (χ0n) is 16.9. The number of carbonyl (C=O) groups is 1. The predicted molar refractivity (Wildman–Crippen MR) is 107 cm³/mol. The number of likely N-dealkylation sites (tertiary alicyclic amines) is 1. The molecule has 7 nitrogen and oxygen atoms in total. The topological polar surface area (TPSA) is 68.3 Å². The lowest BCUT2D eigenvalue weighted by Crippen LogP contribution is -2.39. The van der Waals surface area contributed by atoms with Gasteiger partial charge in [-0.2, -0.15) is 5.10 Å². The number of nitrogens with zero attached hydrogens (tertiary/aromatic N) is 6. The number of fused-ring (bicyclic) bond motifs is 1. The molecule has 148 valence electrons. The van der Waals surface area contributed by atoms with Gasteiger partial charge in [0.2, 0.25) is 0 Å². The van der Waals surface area contributed by atoms with Gasteiger partial charge in [0.05, 0.1) is 6.20 Å². The van der Waals surface area contributed by atoms with Crippen molar-refractivity contribution in [3.8, 4) is 0 Å². The molecule has 3 aromatic rings. The number of rotatable bonds is 5. The second-order valence-corrected chi connectivity index (χ2v) is 7.76. The zero-order valence-corrected chi connectivity index (χ0v) is 16.9. The monoisotopic (exact) mass is 380 g/mol. The van der Waals surface area contributed by atoms with Gasteiger partial charge in [-0.3, -0.25) is 4.79 Å². The van der Waals surface area contributed by atoms with Gasteiger partial charge in [-0.1, -0.05) is 13.3 Å². The largest absolute Gasteiger partial charge is 0.338 e. The standard InChI is InChI=1S/C21H28N6O/c1-4-5-9-25-11-8-22-19(25)17-7-6-10-26(14-17)21(28)18-13-23-27-16(3)12-15(2)24-20(18)27/h8,11-13,17H,4-7,9-10,14H2,1-3H3/t17-/m1/s1. The minimum atomic E-state index is 0.0175. The first kappa shape index (κ1) is 18.7. The van der Waals surface area contributed by atoms with Crippen molar-refractivity contribution in [2.24, 2.45) is 0 Å². The van der Waals surface area contributed by atoms with Gasteiger partial charge in [0.25, 0.3) is 5.91 Å². The molecule has 0 bridgehead atoms. The van der Waals surface area contributed by atoms with Crippen LogP contribution in [0.2, 0.25) is 0 Å². The van der Waals surface area contributed by atoms with E-state index in [2.05, 4.69) is 32.8 Å². The van der Waals surface area contributed by atoms with E-state index in [0.717, 1.165) is 56.0 Å². The van der Waals surface area contributed by atoms with Gasteiger partial charge in [-0.25, -0.2) is 14.5 Å². The summed E-state index contributed by atoms with van der Waals surface area (Å²) in [5.41, 5.74) is 3.11. The number of amides is 1. The summed E-state index contributed by atoms with van der Waals surface area (Å²) in [6.07, 6.45) is 9.96. The smallest absolute Gasteiger partial charge is 0.259 e. The summed E-state index contributed by atoms with van der Waals surface area (Å²) < 4.78 is 4.00. The molecule has 28 heavy (non-hydrogen) atoms. The summed E-state index contributed by atoms with van der Waals surface area (Å²) in [5, 5.41) is 4.38. The van der Waals surface area contributed by atoms with E-state index in [4.69, 9.17) is 0 Å². The molecule has 0 N–H and O–H groups in total. The molecule has 1 aliphatic rings. The SMILES string of the molecule is CCCCn1ccnc1[C@@H]1CCCN(C(=O)c2cnn3c(C)cc(C)nc23)C1. The first-order chi connectivity index (χ1) is 13.6. The van der Waals surface area contributed by atoms with E-state index in [0.29, 0.717) is 17.8 Å². The highest BCUT2D eigenvalue weighted by molar-refractivity contribution is 5.99. The molecule has 7 heteroatoms. The number of aromatic nitrogens is 5. The Labute approximate surface area is 165 Å². The van der Waals surface area contributed by atoms with E-state index < -0.39 is 0 Å². The van der Waals surface area contributed by atoms with E-state index in [-0.39, 0.29) is 11.8 Å². The zero-order chi connectivity index (χ0) is 19.7.